The lowest BCUT2D eigenvalue weighted by atomic mass is 10.1. The van der Waals surface area contributed by atoms with E-state index >= 15 is 0 Å². The summed E-state index contributed by atoms with van der Waals surface area (Å²) in [5.74, 6) is -2.54. The lowest BCUT2D eigenvalue weighted by Gasteiger charge is -2.30. The third kappa shape index (κ3) is 13.1. The molecule has 3 aromatic rings. The number of nitrogens with zero attached hydrogens (tertiary/aromatic N) is 1. The molecule has 0 unspecified atom stereocenters. The third-order valence-electron chi connectivity index (χ3n) is 8.45. The maximum atomic E-state index is 13.5. The normalized spacial score (nSPS) is 15.8. The summed E-state index contributed by atoms with van der Waals surface area (Å²) in [4.78, 5) is 65.1. The van der Waals surface area contributed by atoms with Crippen LogP contribution in [0.1, 0.15) is 60.5 Å². The zero-order valence-electron chi connectivity index (χ0n) is 28.7. The molecule has 4 N–H and O–H groups in total. The predicted octanol–water partition coefficient (Wildman–Crippen LogP) is 4.66. The van der Waals surface area contributed by atoms with Gasteiger partial charge in [0, 0.05) is 19.1 Å². The molecule has 1 aliphatic heterocycles. The fourth-order valence-corrected chi connectivity index (χ4v) is 5.75. The average Bonchev–Trinajstić information content (AvgIpc) is 3.61. The van der Waals surface area contributed by atoms with Crippen LogP contribution >= 0.6 is 0 Å². The first-order valence-electron chi connectivity index (χ1n) is 17.1. The van der Waals surface area contributed by atoms with E-state index in [1.54, 1.807) is 30.3 Å². The molecule has 0 radical (unpaired) electrons. The molecule has 1 saturated heterocycles. The van der Waals surface area contributed by atoms with Crippen molar-refractivity contribution >= 4 is 30.0 Å². The molecule has 272 valence electrons. The van der Waals surface area contributed by atoms with E-state index in [4.69, 9.17) is 14.2 Å². The molecule has 4 rings (SSSR count). The number of benzene rings is 3. The summed E-state index contributed by atoms with van der Waals surface area (Å²) in [6, 6.07) is 24.3. The van der Waals surface area contributed by atoms with Gasteiger partial charge in [-0.25, -0.2) is 19.2 Å². The number of unbranched alkanes of at least 4 members (excludes halogenated alkanes) is 1. The Morgan fingerprint density at radius 1 is 0.804 bits per heavy atom. The van der Waals surface area contributed by atoms with Crippen LogP contribution in [0.25, 0.3) is 0 Å². The summed E-state index contributed by atoms with van der Waals surface area (Å²) in [7, 11) is 0. The monoisotopic (exact) mass is 702 g/mol. The van der Waals surface area contributed by atoms with Crippen molar-refractivity contribution in [3.8, 4) is 0 Å². The lowest BCUT2D eigenvalue weighted by Crippen LogP contribution is -2.55. The molecule has 0 aromatic heterocycles. The number of likely N-dealkylation sites (tertiary alicyclic amines) is 1. The number of amides is 3. The summed E-state index contributed by atoms with van der Waals surface area (Å²) in [5.41, 5.74) is 1.98. The van der Waals surface area contributed by atoms with Crippen LogP contribution in [0.15, 0.2) is 91.0 Å². The van der Waals surface area contributed by atoms with E-state index in [9.17, 15) is 29.1 Å². The second-order valence-corrected chi connectivity index (χ2v) is 12.3. The fraction of sp³-hybridized carbons (Fsp3) is 0.395. The molecule has 0 aliphatic carbocycles. The first-order chi connectivity index (χ1) is 24.7. The van der Waals surface area contributed by atoms with Gasteiger partial charge in [-0.2, -0.15) is 0 Å². The highest BCUT2D eigenvalue weighted by Gasteiger charge is 2.37. The van der Waals surface area contributed by atoms with E-state index in [0.717, 1.165) is 11.1 Å². The number of ether oxygens (including phenoxy) is 3. The Hall–Kier alpha value is -5.43. The van der Waals surface area contributed by atoms with Gasteiger partial charge in [-0.3, -0.25) is 9.69 Å². The summed E-state index contributed by atoms with van der Waals surface area (Å²) in [6.45, 7) is 2.91. The molecule has 13 nitrogen and oxygen atoms in total. The van der Waals surface area contributed by atoms with E-state index in [1.165, 1.54) is 6.92 Å². The van der Waals surface area contributed by atoms with Crippen LogP contribution in [0.5, 0.6) is 0 Å². The van der Waals surface area contributed by atoms with Crippen molar-refractivity contribution in [2.24, 2.45) is 0 Å². The molecular weight excluding hydrogens is 656 g/mol. The lowest BCUT2D eigenvalue weighted by molar-refractivity contribution is -0.145. The highest BCUT2D eigenvalue weighted by atomic mass is 16.6. The van der Waals surface area contributed by atoms with Crippen molar-refractivity contribution in [2.75, 3.05) is 19.6 Å². The Morgan fingerprint density at radius 3 is 2.00 bits per heavy atom. The highest BCUT2D eigenvalue weighted by molar-refractivity contribution is 5.90. The standard InChI is InChI=1S/C38H46N4O9/c1-27(51-36(46)30-18-9-4-10-19-30)33(35(44)45)41-34(43)32-21-13-23-42(32)24-31(40-38(48)50-26-29-16-7-3-8-17-29)20-11-12-22-39-37(47)49-25-28-14-5-2-6-15-28/h2-10,14-19,27,31-33H,11-13,20-26H2,1H3,(H,39,47)(H,40,48)(H,41,43)(H,44,45)/t27-,31+,32-,33+/m1/s1. The molecule has 3 aromatic carbocycles. The Morgan fingerprint density at radius 2 is 1.39 bits per heavy atom. The van der Waals surface area contributed by atoms with E-state index in [0.29, 0.717) is 51.7 Å². The summed E-state index contributed by atoms with van der Waals surface area (Å²) in [6.07, 6.45) is 0.674. The minimum atomic E-state index is -1.47. The van der Waals surface area contributed by atoms with Crippen molar-refractivity contribution in [2.45, 2.75) is 76.5 Å². The topological polar surface area (TPSA) is 173 Å². The predicted molar refractivity (Wildman–Crippen MR) is 188 cm³/mol. The minimum Gasteiger partial charge on any atom is -0.480 e. The van der Waals surface area contributed by atoms with Crippen LogP contribution in [0.4, 0.5) is 9.59 Å². The van der Waals surface area contributed by atoms with Crippen molar-refractivity contribution < 1.29 is 43.3 Å². The molecule has 0 saturated carbocycles. The maximum Gasteiger partial charge on any atom is 0.407 e. The molecule has 3 amide bonds. The molecule has 0 spiro atoms. The number of hydrogen-bond acceptors (Lipinski definition) is 9. The smallest absolute Gasteiger partial charge is 0.407 e. The van der Waals surface area contributed by atoms with E-state index in [-0.39, 0.29) is 18.8 Å². The molecule has 4 atom stereocenters. The van der Waals surface area contributed by atoms with Crippen molar-refractivity contribution in [1.82, 2.24) is 20.9 Å². The fourth-order valence-electron chi connectivity index (χ4n) is 5.75. The van der Waals surface area contributed by atoms with Gasteiger partial charge in [0.1, 0.15) is 19.3 Å². The minimum absolute atomic E-state index is 0.0900. The van der Waals surface area contributed by atoms with Gasteiger partial charge in [0.15, 0.2) is 6.04 Å². The molecule has 51 heavy (non-hydrogen) atoms. The van der Waals surface area contributed by atoms with E-state index in [1.807, 2.05) is 65.6 Å². The van der Waals surface area contributed by atoms with Crippen molar-refractivity contribution in [3.63, 3.8) is 0 Å². The zero-order chi connectivity index (χ0) is 36.4. The number of hydrogen-bond donors (Lipinski definition) is 4. The number of carbonyl (C=O) groups is 5. The van der Waals surface area contributed by atoms with Gasteiger partial charge in [0.25, 0.3) is 0 Å². The molecule has 0 bridgehead atoms. The molecule has 13 heteroatoms. The number of rotatable bonds is 18. The maximum absolute atomic E-state index is 13.5. The Kier molecular flexibility index (Phi) is 15.3. The summed E-state index contributed by atoms with van der Waals surface area (Å²) < 4.78 is 16.1. The Balaban J connectivity index is 1.31. The van der Waals surface area contributed by atoms with Gasteiger partial charge < -0.3 is 35.3 Å². The quantitative estimate of drug-likeness (QED) is 0.0830. The van der Waals surface area contributed by atoms with Gasteiger partial charge in [0.05, 0.1) is 11.6 Å². The van der Waals surface area contributed by atoms with E-state index < -0.39 is 54.3 Å². The summed E-state index contributed by atoms with van der Waals surface area (Å²) >= 11 is 0. The van der Waals surface area contributed by atoms with Crippen molar-refractivity contribution in [3.05, 3.63) is 108 Å². The average molecular weight is 703 g/mol. The molecule has 1 aliphatic rings. The van der Waals surface area contributed by atoms with Gasteiger partial charge in [-0.05, 0) is 68.8 Å². The molecule has 1 fully saturated rings. The molecule has 1 heterocycles. The Bertz CT molecular complexity index is 1560. The van der Waals surface area contributed by atoms with E-state index in [2.05, 4.69) is 16.0 Å². The van der Waals surface area contributed by atoms with Crippen LogP contribution in [-0.4, -0.2) is 83.9 Å². The van der Waals surface area contributed by atoms with Crippen LogP contribution in [0.3, 0.4) is 0 Å². The molecular formula is C38H46N4O9. The number of esters is 1. The van der Waals surface area contributed by atoms with Gasteiger partial charge in [0.2, 0.25) is 5.91 Å². The SMILES string of the molecule is C[C@@H](OC(=O)c1ccccc1)[C@H](NC(=O)[C@H]1CCCN1C[C@H](CCCCNC(=O)OCc1ccccc1)NC(=O)OCc1ccccc1)C(=O)O. The van der Waals surface area contributed by atoms with Crippen molar-refractivity contribution in [1.29, 1.82) is 0 Å². The number of nitrogens with one attached hydrogen (secondary N) is 3. The summed E-state index contributed by atoms with van der Waals surface area (Å²) in [5, 5.41) is 18.1. The van der Waals surface area contributed by atoms with Gasteiger partial charge in [-0.15, -0.1) is 0 Å². The second-order valence-electron chi connectivity index (χ2n) is 12.3. The van der Waals surface area contributed by atoms with Crippen LogP contribution < -0.4 is 16.0 Å². The van der Waals surface area contributed by atoms with Crippen LogP contribution in [0.2, 0.25) is 0 Å². The van der Waals surface area contributed by atoms with Gasteiger partial charge in [-0.1, -0.05) is 78.9 Å². The van der Waals surface area contributed by atoms with Gasteiger partial charge >= 0.3 is 24.1 Å². The first-order valence-corrected chi connectivity index (χ1v) is 17.1. The van der Waals surface area contributed by atoms with Crippen LogP contribution in [-0.2, 0) is 37.0 Å². The Labute approximate surface area is 297 Å². The number of carboxylic acids is 1. The number of carboxylic acid groups (broad SMARTS) is 1. The highest BCUT2D eigenvalue weighted by Crippen LogP contribution is 2.20. The second kappa shape index (κ2) is 20.3. The zero-order valence-corrected chi connectivity index (χ0v) is 28.7. The largest absolute Gasteiger partial charge is 0.480 e. The third-order valence-corrected chi connectivity index (χ3v) is 8.45. The number of carbonyl (C=O) groups excluding carboxylic acids is 4. The number of aliphatic carboxylic acids is 1. The number of alkyl carbamates (subject to hydrolysis) is 2. The van der Waals surface area contributed by atoms with Crippen LogP contribution in [0, 0.1) is 0 Å². The first kappa shape index (κ1) is 38.4.